The van der Waals surface area contributed by atoms with Gasteiger partial charge >= 0.3 is 0 Å². The van der Waals surface area contributed by atoms with Gasteiger partial charge in [0.1, 0.15) is 0 Å². The average Bonchev–Trinajstić information content (AvgIpc) is 2.60. The van der Waals surface area contributed by atoms with Crippen LogP contribution in [0.3, 0.4) is 0 Å². The Kier molecular flexibility index (Phi) is 7.49. The van der Waals surface area contributed by atoms with Crippen LogP contribution in [0.2, 0.25) is 0 Å². The van der Waals surface area contributed by atoms with Gasteiger partial charge in [0, 0.05) is 17.8 Å². The SMILES string of the molecule is CCNC(=O)c1ccc(NC(=O)CNCCC2=CCCCC2)cc1. The van der Waals surface area contributed by atoms with Gasteiger partial charge in [-0.15, -0.1) is 0 Å². The van der Waals surface area contributed by atoms with Crippen molar-refractivity contribution in [2.24, 2.45) is 0 Å². The number of carbonyl (C=O) groups is 2. The number of benzene rings is 1. The first-order chi connectivity index (χ1) is 11.7. The van der Waals surface area contributed by atoms with Crippen LogP contribution < -0.4 is 16.0 Å². The van der Waals surface area contributed by atoms with Crippen molar-refractivity contribution in [3.63, 3.8) is 0 Å². The van der Waals surface area contributed by atoms with Crippen molar-refractivity contribution in [2.45, 2.75) is 39.0 Å². The van der Waals surface area contributed by atoms with Gasteiger partial charge in [0.2, 0.25) is 5.91 Å². The molecule has 1 aromatic rings. The summed E-state index contributed by atoms with van der Waals surface area (Å²) in [5, 5.41) is 8.76. The van der Waals surface area contributed by atoms with Crippen molar-refractivity contribution in [3.05, 3.63) is 41.5 Å². The van der Waals surface area contributed by atoms with Crippen LogP contribution in [0.5, 0.6) is 0 Å². The quantitative estimate of drug-likeness (QED) is 0.507. The number of rotatable bonds is 8. The first kappa shape index (κ1) is 18.2. The highest BCUT2D eigenvalue weighted by Gasteiger charge is 2.06. The first-order valence-corrected chi connectivity index (χ1v) is 8.75. The first-order valence-electron chi connectivity index (χ1n) is 8.75. The summed E-state index contributed by atoms with van der Waals surface area (Å²) in [4.78, 5) is 23.6. The second-order valence-electron chi connectivity index (χ2n) is 6.02. The van der Waals surface area contributed by atoms with Gasteiger partial charge in [-0.25, -0.2) is 0 Å². The third-order valence-corrected chi connectivity index (χ3v) is 4.06. The highest BCUT2D eigenvalue weighted by Crippen LogP contribution is 2.19. The number of carbonyl (C=O) groups excluding carboxylic acids is 2. The molecule has 5 nitrogen and oxygen atoms in total. The lowest BCUT2D eigenvalue weighted by molar-refractivity contribution is -0.115. The van der Waals surface area contributed by atoms with Crippen LogP contribution in [0.4, 0.5) is 5.69 Å². The molecule has 0 aliphatic heterocycles. The maximum absolute atomic E-state index is 11.9. The lowest BCUT2D eigenvalue weighted by atomic mass is 9.97. The minimum Gasteiger partial charge on any atom is -0.352 e. The number of nitrogens with one attached hydrogen (secondary N) is 3. The molecule has 0 saturated carbocycles. The molecule has 0 radical (unpaired) electrons. The zero-order valence-electron chi connectivity index (χ0n) is 14.4. The number of anilines is 1. The van der Waals surface area contributed by atoms with Crippen LogP contribution in [-0.2, 0) is 4.79 Å². The Balaban J connectivity index is 1.68. The van der Waals surface area contributed by atoms with E-state index in [9.17, 15) is 9.59 Å². The van der Waals surface area contributed by atoms with Crippen molar-refractivity contribution >= 4 is 17.5 Å². The van der Waals surface area contributed by atoms with Crippen molar-refractivity contribution in [2.75, 3.05) is 25.0 Å². The van der Waals surface area contributed by atoms with Crippen LogP contribution in [0.15, 0.2) is 35.9 Å². The van der Waals surface area contributed by atoms with E-state index in [0.717, 1.165) is 13.0 Å². The zero-order valence-corrected chi connectivity index (χ0v) is 14.4. The minimum absolute atomic E-state index is 0.0709. The maximum Gasteiger partial charge on any atom is 0.251 e. The monoisotopic (exact) mass is 329 g/mol. The van der Waals surface area contributed by atoms with Gasteiger partial charge < -0.3 is 16.0 Å². The summed E-state index contributed by atoms with van der Waals surface area (Å²) in [6.45, 7) is 3.60. The van der Waals surface area contributed by atoms with Crippen molar-refractivity contribution < 1.29 is 9.59 Å². The number of allylic oxidation sites excluding steroid dienone is 1. The molecule has 0 spiro atoms. The van der Waals surface area contributed by atoms with Crippen LogP contribution in [0.1, 0.15) is 49.4 Å². The summed E-state index contributed by atoms with van der Waals surface area (Å²) in [7, 11) is 0. The molecule has 2 amide bonds. The van der Waals surface area contributed by atoms with Crippen molar-refractivity contribution in [3.8, 4) is 0 Å². The lowest BCUT2D eigenvalue weighted by Crippen LogP contribution is -2.29. The lowest BCUT2D eigenvalue weighted by Gasteiger charge is -2.13. The molecule has 0 heterocycles. The summed E-state index contributed by atoms with van der Waals surface area (Å²) in [5.41, 5.74) is 2.80. The third kappa shape index (κ3) is 6.16. The van der Waals surface area contributed by atoms with Crippen LogP contribution in [0.25, 0.3) is 0 Å². The molecule has 0 bridgehead atoms. The summed E-state index contributed by atoms with van der Waals surface area (Å²) in [5.74, 6) is -0.174. The Labute approximate surface area is 143 Å². The average molecular weight is 329 g/mol. The van der Waals surface area contributed by atoms with Gasteiger partial charge in [-0.1, -0.05) is 11.6 Å². The summed E-state index contributed by atoms with van der Waals surface area (Å²) in [6.07, 6.45) is 8.35. The summed E-state index contributed by atoms with van der Waals surface area (Å²) < 4.78 is 0. The molecule has 2 rings (SSSR count). The standard InChI is InChI=1S/C19H27N3O2/c1-2-21-19(24)16-8-10-17(11-9-16)22-18(23)14-20-13-12-15-6-4-3-5-7-15/h6,8-11,20H,2-5,7,12-14H2,1H3,(H,21,24)(H,22,23). The second kappa shape index (κ2) is 9.88. The van der Waals surface area contributed by atoms with E-state index in [1.807, 2.05) is 6.92 Å². The second-order valence-corrected chi connectivity index (χ2v) is 6.02. The molecule has 0 saturated heterocycles. The largest absolute Gasteiger partial charge is 0.352 e. The van der Waals surface area contributed by atoms with E-state index < -0.39 is 0 Å². The molecular weight excluding hydrogens is 302 g/mol. The molecule has 1 aliphatic carbocycles. The Morgan fingerprint density at radius 1 is 1.12 bits per heavy atom. The molecule has 5 heteroatoms. The van der Waals surface area contributed by atoms with Crippen molar-refractivity contribution in [1.82, 2.24) is 10.6 Å². The smallest absolute Gasteiger partial charge is 0.251 e. The van der Waals surface area contributed by atoms with E-state index in [4.69, 9.17) is 0 Å². The predicted molar refractivity (Wildman–Crippen MR) is 97.1 cm³/mol. The summed E-state index contributed by atoms with van der Waals surface area (Å²) in [6, 6.07) is 6.91. The zero-order chi connectivity index (χ0) is 17.2. The Morgan fingerprint density at radius 3 is 2.58 bits per heavy atom. The van der Waals surface area contributed by atoms with Gasteiger partial charge in [-0.3, -0.25) is 9.59 Å². The molecule has 1 aliphatic rings. The molecule has 0 unspecified atom stereocenters. The molecule has 0 atom stereocenters. The van der Waals surface area contributed by atoms with E-state index in [1.54, 1.807) is 24.3 Å². The Hall–Kier alpha value is -2.14. The van der Waals surface area contributed by atoms with E-state index in [-0.39, 0.29) is 11.8 Å². The van der Waals surface area contributed by atoms with Gasteiger partial charge in [0.25, 0.3) is 5.91 Å². The van der Waals surface area contributed by atoms with Crippen molar-refractivity contribution in [1.29, 1.82) is 0 Å². The van der Waals surface area contributed by atoms with Gasteiger partial charge in [-0.2, -0.15) is 0 Å². The fraction of sp³-hybridized carbons (Fsp3) is 0.474. The molecule has 1 aromatic carbocycles. The third-order valence-electron chi connectivity index (χ3n) is 4.06. The van der Waals surface area contributed by atoms with Crippen LogP contribution in [-0.4, -0.2) is 31.4 Å². The Bertz CT molecular complexity index is 579. The minimum atomic E-state index is -0.103. The van der Waals surface area contributed by atoms with Gasteiger partial charge in [0.15, 0.2) is 0 Å². The molecule has 24 heavy (non-hydrogen) atoms. The molecule has 130 valence electrons. The van der Waals surface area contributed by atoms with E-state index in [1.165, 1.54) is 31.3 Å². The van der Waals surface area contributed by atoms with E-state index in [0.29, 0.717) is 24.3 Å². The number of hydrogen-bond acceptors (Lipinski definition) is 3. The highest BCUT2D eigenvalue weighted by atomic mass is 16.2. The normalized spacial score (nSPS) is 14.0. The topological polar surface area (TPSA) is 70.2 Å². The maximum atomic E-state index is 11.9. The molecule has 3 N–H and O–H groups in total. The predicted octanol–water partition coefficient (Wildman–Crippen LogP) is 2.85. The van der Waals surface area contributed by atoms with Gasteiger partial charge in [-0.05, 0) is 69.8 Å². The molecule has 0 aromatic heterocycles. The number of amides is 2. The highest BCUT2D eigenvalue weighted by molar-refractivity contribution is 5.96. The number of hydrogen-bond donors (Lipinski definition) is 3. The Morgan fingerprint density at radius 2 is 1.92 bits per heavy atom. The van der Waals surface area contributed by atoms with Crippen LogP contribution in [0, 0.1) is 0 Å². The van der Waals surface area contributed by atoms with E-state index >= 15 is 0 Å². The van der Waals surface area contributed by atoms with Gasteiger partial charge in [0.05, 0.1) is 6.54 Å². The molecular formula is C19H27N3O2. The molecule has 0 fully saturated rings. The van der Waals surface area contributed by atoms with Crippen LogP contribution >= 0.6 is 0 Å². The fourth-order valence-corrected chi connectivity index (χ4v) is 2.76. The fourth-order valence-electron chi connectivity index (χ4n) is 2.76. The summed E-state index contributed by atoms with van der Waals surface area (Å²) >= 11 is 0. The van der Waals surface area contributed by atoms with E-state index in [2.05, 4.69) is 22.0 Å².